The van der Waals surface area contributed by atoms with Gasteiger partial charge in [-0.05, 0) is 48.6 Å². The maximum atomic E-state index is 13.3. The van der Waals surface area contributed by atoms with Gasteiger partial charge in [0.15, 0.2) is 5.82 Å². The van der Waals surface area contributed by atoms with Crippen LogP contribution >= 0.6 is 0 Å². The van der Waals surface area contributed by atoms with Crippen LogP contribution in [-0.2, 0) is 0 Å². The SMILES string of the molecule is CC.CC.CC(c1ccc(F)cc1)c1cnc(N2CCN(c3ncnn4cc(-c5cnn(C6CCC6)c5)cc34)CC2)nc1. The number of anilines is 2. The molecule has 0 bridgehead atoms. The summed E-state index contributed by atoms with van der Waals surface area (Å²) in [4.78, 5) is 18.5. The number of rotatable bonds is 6. The first-order chi connectivity index (χ1) is 21.1. The minimum absolute atomic E-state index is 0.0937. The third-order valence-electron chi connectivity index (χ3n) is 8.16. The summed E-state index contributed by atoms with van der Waals surface area (Å²) in [6.07, 6.45) is 15.3. The van der Waals surface area contributed by atoms with Gasteiger partial charge in [-0.2, -0.15) is 10.2 Å². The fourth-order valence-electron chi connectivity index (χ4n) is 5.44. The molecule has 2 aliphatic rings. The lowest BCUT2D eigenvalue weighted by Crippen LogP contribution is -2.47. The van der Waals surface area contributed by atoms with E-state index in [-0.39, 0.29) is 11.7 Å². The summed E-state index contributed by atoms with van der Waals surface area (Å²) in [6, 6.07) is 9.31. The van der Waals surface area contributed by atoms with Crippen LogP contribution in [0.2, 0.25) is 0 Å². The number of nitrogens with zero attached hydrogens (tertiary/aromatic N) is 9. The number of hydrogen-bond acceptors (Lipinski definition) is 7. The molecule has 43 heavy (non-hydrogen) atoms. The molecule has 5 heterocycles. The van der Waals surface area contributed by atoms with E-state index >= 15 is 0 Å². The Kier molecular flexibility index (Phi) is 9.64. The van der Waals surface area contributed by atoms with Crippen molar-refractivity contribution in [1.29, 1.82) is 0 Å². The minimum atomic E-state index is -0.229. The molecule has 0 amide bonds. The fourth-order valence-corrected chi connectivity index (χ4v) is 5.44. The number of hydrogen-bond donors (Lipinski definition) is 0. The van der Waals surface area contributed by atoms with Gasteiger partial charge >= 0.3 is 0 Å². The van der Waals surface area contributed by atoms with Crippen molar-refractivity contribution in [2.24, 2.45) is 0 Å². The second-order valence-electron chi connectivity index (χ2n) is 10.5. The maximum Gasteiger partial charge on any atom is 0.225 e. The van der Waals surface area contributed by atoms with E-state index in [1.54, 1.807) is 6.33 Å². The van der Waals surface area contributed by atoms with Crippen molar-refractivity contribution >= 4 is 17.3 Å². The van der Waals surface area contributed by atoms with Crippen LogP contribution in [0.15, 0.2) is 67.6 Å². The summed E-state index contributed by atoms with van der Waals surface area (Å²) >= 11 is 0. The molecule has 1 aliphatic heterocycles. The van der Waals surface area contributed by atoms with Crippen molar-refractivity contribution in [1.82, 2.24) is 34.3 Å². The summed E-state index contributed by atoms with van der Waals surface area (Å²) in [6.45, 7) is 13.3. The summed E-state index contributed by atoms with van der Waals surface area (Å²) in [5.74, 6) is 1.53. The van der Waals surface area contributed by atoms with Gasteiger partial charge in [-0.25, -0.2) is 23.9 Å². The number of halogens is 1. The Labute approximate surface area is 253 Å². The average molecular weight is 584 g/mol. The lowest BCUT2D eigenvalue weighted by Gasteiger charge is -2.35. The molecular weight excluding hydrogens is 541 g/mol. The smallest absolute Gasteiger partial charge is 0.225 e. The summed E-state index contributed by atoms with van der Waals surface area (Å²) in [5.41, 5.74) is 5.25. The largest absolute Gasteiger partial charge is 0.351 e. The van der Waals surface area contributed by atoms with Gasteiger partial charge in [0, 0.05) is 68.0 Å². The fraction of sp³-hybridized carbons (Fsp3) is 0.424. The predicted octanol–water partition coefficient (Wildman–Crippen LogP) is 6.78. The molecule has 2 fully saturated rings. The highest BCUT2D eigenvalue weighted by Crippen LogP contribution is 2.33. The third kappa shape index (κ3) is 6.38. The van der Waals surface area contributed by atoms with Crippen LogP contribution in [0.5, 0.6) is 0 Å². The Balaban J connectivity index is 0.000000885. The summed E-state index contributed by atoms with van der Waals surface area (Å²) in [7, 11) is 0. The zero-order valence-corrected chi connectivity index (χ0v) is 25.9. The molecule has 0 radical (unpaired) electrons. The highest BCUT2D eigenvalue weighted by molar-refractivity contribution is 5.77. The van der Waals surface area contributed by atoms with E-state index in [0.717, 1.165) is 65.7 Å². The van der Waals surface area contributed by atoms with E-state index < -0.39 is 0 Å². The van der Waals surface area contributed by atoms with Gasteiger partial charge < -0.3 is 9.80 Å². The second kappa shape index (κ2) is 13.8. The summed E-state index contributed by atoms with van der Waals surface area (Å²) in [5, 5.41) is 9.06. The minimum Gasteiger partial charge on any atom is -0.351 e. The van der Waals surface area contributed by atoms with Crippen molar-refractivity contribution < 1.29 is 4.39 Å². The molecule has 1 aliphatic carbocycles. The molecule has 1 atom stereocenters. The lowest BCUT2D eigenvalue weighted by molar-refractivity contribution is 0.289. The van der Waals surface area contributed by atoms with Crippen molar-refractivity contribution in [3.8, 4) is 11.1 Å². The molecule has 1 saturated carbocycles. The molecule has 5 aromatic rings. The van der Waals surface area contributed by atoms with Gasteiger partial charge in [-0.1, -0.05) is 46.8 Å². The monoisotopic (exact) mass is 583 g/mol. The number of aromatic nitrogens is 7. The van der Waals surface area contributed by atoms with Crippen LogP contribution in [0, 0.1) is 5.82 Å². The zero-order chi connectivity index (χ0) is 30.3. The molecule has 4 aromatic heterocycles. The van der Waals surface area contributed by atoms with E-state index in [9.17, 15) is 4.39 Å². The lowest BCUT2D eigenvalue weighted by atomic mass is 9.93. The number of benzene rings is 1. The summed E-state index contributed by atoms with van der Waals surface area (Å²) < 4.78 is 17.3. The first-order valence-electron chi connectivity index (χ1n) is 15.6. The Morgan fingerprint density at radius 1 is 0.767 bits per heavy atom. The van der Waals surface area contributed by atoms with Gasteiger partial charge in [0.25, 0.3) is 0 Å². The Bertz CT molecular complexity index is 1580. The highest BCUT2D eigenvalue weighted by Gasteiger charge is 2.24. The van der Waals surface area contributed by atoms with Gasteiger partial charge in [-0.3, -0.25) is 4.68 Å². The molecule has 226 valence electrons. The standard InChI is InChI=1S/C29H30FN9.2C2H6/c1-20(21-5-7-25(30)8-6-21)23-14-31-29(32-15-23)37-11-9-36(10-12-37)28-27-13-22(17-39(27)35-19-33-28)24-16-34-38(18-24)26-3-2-4-26;2*1-2/h5-8,13-20,26H,2-4,9-12H2,1H3;2*1-2H3. The zero-order valence-electron chi connectivity index (χ0n) is 25.9. The molecule has 7 rings (SSSR count). The molecule has 10 heteroatoms. The molecular formula is C33H42FN9. The van der Waals surface area contributed by atoms with Crippen molar-refractivity contribution in [3.05, 3.63) is 84.6 Å². The van der Waals surface area contributed by atoms with E-state index in [1.165, 1.54) is 31.4 Å². The van der Waals surface area contributed by atoms with Crippen LogP contribution < -0.4 is 9.80 Å². The van der Waals surface area contributed by atoms with Crippen LogP contribution in [0.4, 0.5) is 16.2 Å². The maximum absolute atomic E-state index is 13.3. The molecule has 0 N–H and O–H groups in total. The first-order valence-corrected chi connectivity index (χ1v) is 15.6. The Morgan fingerprint density at radius 3 is 2.09 bits per heavy atom. The normalized spacial score (nSPS) is 15.7. The van der Waals surface area contributed by atoms with E-state index in [1.807, 2.05) is 62.9 Å². The molecule has 1 aromatic carbocycles. The van der Waals surface area contributed by atoms with Gasteiger partial charge in [0.1, 0.15) is 17.7 Å². The Hall–Kier alpha value is -4.34. The van der Waals surface area contributed by atoms with E-state index in [0.29, 0.717) is 6.04 Å². The predicted molar refractivity (Wildman–Crippen MR) is 170 cm³/mol. The number of fused-ring (bicyclic) bond motifs is 1. The molecule has 1 saturated heterocycles. The van der Waals surface area contributed by atoms with Crippen LogP contribution in [0.1, 0.15) is 77.0 Å². The van der Waals surface area contributed by atoms with Crippen molar-refractivity contribution in [2.45, 2.75) is 65.8 Å². The van der Waals surface area contributed by atoms with Gasteiger partial charge in [0.05, 0.1) is 12.2 Å². The molecule has 0 spiro atoms. The number of piperazine rings is 1. The molecule has 9 nitrogen and oxygen atoms in total. The quantitative estimate of drug-likeness (QED) is 0.218. The van der Waals surface area contributed by atoms with Crippen LogP contribution in [0.25, 0.3) is 16.6 Å². The second-order valence-corrected chi connectivity index (χ2v) is 10.5. The topological polar surface area (TPSA) is 80.3 Å². The highest BCUT2D eigenvalue weighted by atomic mass is 19.1. The van der Waals surface area contributed by atoms with E-state index in [2.05, 4.69) is 65.0 Å². The average Bonchev–Trinajstić information content (AvgIpc) is 3.70. The van der Waals surface area contributed by atoms with Gasteiger partial charge in [0.2, 0.25) is 5.95 Å². The third-order valence-corrected chi connectivity index (χ3v) is 8.16. The van der Waals surface area contributed by atoms with Crippen LogP contribution in [-0.4, -0.2) is 60.5 Å². The van der Waals surface area contributed by atoms with Crippen molar-refractivity contribution in [3.63, 3.8) is 0 Å². The van der Waals surface area contributed by atoms with Crippen molar-refractivity contribution in [2.75, 3.05) is 36.0 Å². The van der Waals surface area contributed by atoms with Crippen LogP contribution in [0.3, 0.4) is 0 Å². The van der Waals surface area contributed by atoms with E-state index in [4.69, 9.17) is 0 Å². The molecule has 1 unspecified atom stereocenters. The first kappa shape index (κ1) is 30.1. The Morgan fingerprint density at radius 2 is 1.44 bits per heavy atom. The van der Waals surface area contributed by atoms with Gasteiger partial charge in [-0.15, -0.1) is 0 Å².